The van der Waals surface area contributed by atoms with Gasteiger partial charge in [0.1, 0.15) is 0 Å². The molecule has 1 heterocycles. The van der Waals surface area contributed by atoms with Crippen molar-refractivity contribution in [2.45, 2.75) is 18.9 Å². The van der Waals surface area contributed by atoms with E-state index in [2.05, 4.69) is 12.1 Å². The van der Waals surface area contributed by atoms with Crippen LogP contribution in [-0.2, 0) is 16.0 Å². The lowest BCUT2D eigenvalue weighted by Gasteiger charge is -2.36. The number of benzene rings is 1. The normalized spacial score (nSPS) is 18.6. The number of ether oxygens (including phenoxy) is 1. The molecule has 2 N–H and O–H groups in total. The number of fused-ring (bicyclic) bond motifs is 1. The van der Waals surface area contributed by atoms with Crippen LogP contribution in [0.25, 0.3) is 0 Å². The van der Waals surface area contributed by atoms with Crippen LogP contribution >= 0.6 is 0 Å². The Morgan fingerprint density at radius 3 is 3.00 bits per heavy atom. The van der Waals surface area contributed by atoms with Crippen LogP contribution < -0.4 is 5.73 Å². The Labute approximate surface area is 108 Å². The molecule has 0 fully saturated rings. The summed E-state index contributed by atoms with van der Waals surface area (Å²) in [5.41, 5.74) is 8.35. The maximum absolute atomic E-state index is 12.1. The van der Waals surface area contributed by atoms with E-state index in [9.17, 15) is 4.79 Å². The molecule has 0 radical (unpaired) electrons. The second-order valence-electron chi connectivity index (χ2n) is 4.53. The molecule has 98 valence electrons. The number of amides is 1. The number of hydrogen-bond acceptors (Lipinski definition) is 3. The molecule has 4 heteroatoms. The summed E-state index contributed by atoms with van der Waals surface area (Å²) in [6.07, 6.45) is 1.33. The summed E-state index contributed by atoms with van der Waals surface area (Å²) in [4.78, 5) is 14.0. The SMILES string of the molecule is COCCC(=O)N1CCc2ccccc2C1CN. The van der Waals surface area contributed by atoms with E-state index in [0.717, 1.165) is 13.0 Å². The van der Waals surface area contributed by atoms with Crippen molar-refractivity contribution >= 4 is 5.91 Å². The number of hydrogen-bond donors (Lipinski definition) is 1. The topological polar surface area (TPSA) is 55.6 Å². The lowest BCUT2D eigenvalue weighted by atomic mass is 9.92. The predicted molar refractivity (Wildman–Crippen MR) is 70.1 cm³/mol. The Bertz CT molecular complexity index is 420. The summed E-state index contributed by atoms with van der Waals surface area (Å²) in [7, 11) is 1.61. The summed E-state index contributed by atoms with van der Waals surface area (Å²) >= 11 is 0. The van der Waals surface area contributed by atoms with Crippen molar-refractivity contribution in [2.24, 2.45) is 5.73 Å². The number of carbonyl (C=O) groups excluding carboxylic acids is 1. The van der Waals surface area contributed by atoms with Gasteiger partial charge in [-0.3, -0.25) is 4.79 Å². The quantitative estimate of drug-likeness (QED) is 0.868. The van der Waals surface area contributed by atoms with Crippen molar-refractivity contribution in [3.63, 3.8) is 0 Å². The molecule has 1 aromatic carbocycles. The molecule has 4 nitrogen and oxygen atoms in total. The molecule has 0 bridgehead atoms. The van der Waals surface area contributed by atoms with Crippen molar-refractivity contribution in [2.75, 3.05) is 26.8 Å². The second-order valence-corrected chi connectivity index (χ2v) is 4.53. The first kappa shape index (κ1) is 13.1. The van der Waals surface area contributed by atoms with E-state index < -0.39 is 0 Å². The van der Waals surface area contributed by atoms with Crippen LogP contribution in [-0.4, -0.2) is 37.6 Å². The fourth-order valence-electron chi connectivity index (χ4n) is 2.54. The van der Waals surface area contributed by atoms with E-state index >= 15 is 0 Å². The minimum atomic E-state index is 0.0132. The smallest absolute Gasteiger partial charge is 0.225 e. The van der Waals surface area contributed by atoms with Crippen LogP contribution in [0.5, 0.6) is 0 Å². The number of nitrogens with two attached hydrogens (primary N) is 1. The zero-order chi connectivity index (χ0) is 13.0. The molecular weight excluding hydrogens is 228 g/mol. The Kier molecular flexibility index (Phi) is 4.33. The molecular formula is C14H20N2O2. The van der Waals surface area contributed by atoms with E-state index in [4.69, 9.17) is 10.5 Å². The Morgan fingerprint density at radius 1 is 1.50 bits per heavy atom. The highest BCUT2D eigenvalue weighted by Gasteiger charge is 2.28. The van der Waals surface area contributed by atoms with Gasteiger partial charge in [-0.25, -0.2) is 0 Å². The summed E-state index contributed by atoms with van der Waals surface area (Å²) in [5.74, 6) is 0.127. The van der Waals surface area contributed by atoms with E-state index in [1.807, 2.05) is 17.0 Å². The first-order chi connectivity index (χ1) is 8.77. The third-order valence-corrected chi connectivity index (χ3v) is 3.48. The van der Waals surface area contributed by atoms with Gasteiger partial charge >= 0.3 is 0 Å². The molecule has 1 aromatic rings. The highest BCUT2D eigenvalue weighted by molar-refractivity contribution is 5.77. The van der Waals surface area contributed by atoms with Crippen LogP contribution in [0.4, 0.5) is 0 Å². The van der Waals surface area contributed by atoms with Gasteiger partial charge in [-0.2, -0.15) is 0 Å². The van der Waals surface area contributed by atoms with Gasteiger partial charge in [-0.1, -0.05) is 24.3 Å². The van der Waals surface area contributed by atoms with Gasteiger partial charge in [0.25, 0.3) is 0 Å². The summed E-state index contributed by atoms with van der Waals surface area (Å²) in [6.45, 7) is 1.69. The third-order valence-electron chi connectivity index (χ3n) is 3.48. The van der Waals surface area contributed by atoms with Gasteiger partial charge in [0.2, 0.25) is 5.91 Å². The first-order valence-electron chi connectivity index (χ1n) is 6.34. The monoisotopic (exact) mass is 248 g/mol. The van der Waals surface area contributed by atoms with Gasteiger partial charge < -0.3 is 15.4 Å². The van der Waals surface area contributed by atoms with Crippen molar-refractivity contribution in [3.05, 3.63) is 35.4 Å². The largest absolute Gasteiger partial charge is 0.384 e. The number of methoxy groups -OCH3 is 1. The van der Waals surface area contributed by atoms with Crippen molar-refractivity contribution in [3.8, 4) is 0 Å². The molecule has 1 unspecified atom stereocenters. The van der Waals surface area contributed by atoms with Crippen LogP contribution in [0.15, 0.2) is 24.3 Å². The van der Waals surface area contributed by atoms with Crippen molar-refractivity contribution < 1.29 is 9.53 Å². The maximum atomic E-state index is 12.1. The molecule has 1 aliphatic rings. The molecule has 0 aliphatic carbocycles. The van der Waals surface area contributed by atoms with Crippen LogP contribution in [0.2, 0.25) is 0 Å². The van der Waals surface area contributed by atoms with E-state index in [1.54, 1.807) is 7.11 Å². The van der Waals surface area contributed by atoms with Gasteiger partial charge in [0, 0.05) is 20.2 Å². The molecule has 0 spiro atoms. The van der Waals surface area contributed by atoms with Crippen molar-refractivity contribution in [1.82, 2.24) is 4.90 Å². The summed E-state index contributed by atoms with van der Waals surface area (Å²) < 4.78 is 4.96. The summed E-state index contributed by atoms with van der Waals surface area (Å²) in [6, 6.07) is 8.25. The fraction of sp³-hybridized carbons (Fsp3) is 0.500. The molecule has 1 amide bonds. The van der Waals surface area contributed by atoms with E-state index in [-0.39, 0.29) is 11.9 Å². The predicted octanol–water partition coefficient (Wildman–Crippen LogP) is 1.11. The Morgan fingerprint density at radius 2 is 2.28 bits per heavy atom. The van der Waals surface area contributed by atoms with Crippen LogP contribution in [0.1, 0.15) is 23.6 Å². The van der Waals surface area contributed by atoms with Crippen LogP contribution in [0.3, 0.4) is 0 Å². The van der Waals surface area contributed by atoms with Gasteiger partial charge in [0.05, 0.1) is 19.1 Å². The molecule has 0 aromatic heterocycles. The average molecular weight is 248 g/mol. The lowest BCUT2D eigenvalue weighted by Crippen LogP contribution is -2.43. The van der Waals surface area contributed by atoms with E-state index in [0.29, 0.717) is 19.6 Å². The minimum Gasteiger partial charge on any atom is -0.384 e. The maximum Gasteiger partial charge on any atom is 0.225 e. The number of carbonyl (C=O) groups is 1. The highest BCUT2D eigenvalue weighted by atomic mass is 16.5. The highest BCUT2D eigenvalue weighted by Crippen LogP contribution is 2.29. The molecule has 0 saturated carbocycles. The van der Waals surface area contributed by atoms with Gasteiger partial charge in [-0.05, 0) is 17.5 Å². The third kappa shape index (κ3) is 2.54. The molecule has 2 rings (SSSR count). The van der Waals surface area contributed by atoms with Crippen molar-refractivity contribution in [1.29, 1.82) is 0 Å². The fourth-order valence-corrected chi connectivity index (χ4v) is 2.54. The Balaban J connectivity index is 2.17. The van der Waals surface area contributed by atoms with Crippen LogP contribution in [0, 0.1) is 0 Å². The molecule has 1 aliphatic heterocycles. The lowest BCUT2D eigenvalue weighted by molar-refractivity contribution is -0.134. The molecule has 1 atom stereocenters. The first-order valence-corrected chi connectivity index (χ1v) is 6.34. The zero-order valence-corrected chi connectivity index (χ0v) is 10.8. The minimum absolute atomic E-state index is 0.0132. The van der Waals surface area contributed by atoms with Gasteiger partial charge in [0.15, 0.2) is 0 Å². The Hall–Kier alpha value is -1.39. The van der Waals surface area contributed by atoms with E-state index in [1.165, 1.54) is 11.1 Å². The number of rotatable bonds is 4. The zero-order valence-electron chi connectivity index (χ0n) is 10.8. The second kappa shape index (κ2) is 5.98. The molecule has 18 heavy (non-hydrogen) atoms. The average Bonchev–Trinajstić information content (AvgIpc) is 2.43. The van der Waals surface area contributed by atoms with Gasteiger partial charge in [-0.15, -0.1) is 0 Å². The number of nitrogens with zero attached hydrogens (tertiary/aromatic N) is 1. The summed E-state index contributed by atoms with van der Waals surface area (Å²) in [5, 5.41) is 0. The standard InChI is InChI=1S/C14H20N2O2/c1-18-9-7-14(17)16-8-6-11-4-2-3-5-12(11)13(16)10-15/h2-5,13H,6-10,15H2,1H3. The molecule has 0 saturated heterocycles.